The number of nitrogens with zero attached hydrogens (tertiary/aromatic N) is 3. The fourth-order valence-corrected chi connectivity index (χ4v) is 8.80. The Morgan fingerprint density at radius 2 is 1.72 bits per heavy atom. The number of aryl methyl sites for hydroxylation is 2. The van der Waals surface area contributed by atoms with Gasteiger partial charge in [0, 0.05) is 43.1 Å². The molecule has 0 bridgehead atoms. The average molecular weight is 657 g/mol. The zero-order valence-electron chi connectivity index (χ0n) is 27.8. The predicted octanol–water partition coefficient (Wildman–Crippen LogP) is 4.58. The van der Waals surface area contributed by atoms with Crippen molar-refractivity contribution >= 4 is 33.7 Å². The highest BCUT2D eigenvalue weighted by Crippen LogP contribution is 2.37. The summed E-state index contributed by atoms with van der Waals surface area (Å²) in [4.78, 5) is 33.1. The molecule has 1 aromatic carbocycles. The maximum Gasteiger partial charge on any atom is 0.253 e. The van der Waals surface area contributed by atoms with Gasteiger partial charge in [-0.2, -0.15) is 4.31 Å². The first kappa shape index (κ1) is 34.7. The van der Waals surface area contributed by atoms with E-state index in [4.69, 9.17) is 14.8 Å². The summed E-state index contributed by atoms with van der Waals surface area (Å²) in [6.07, 6.45) is 12.2. The number of carbonyl (C=O) groups excluding carboxylic acids is 2. The van der Waals surface area contributed by atoms with Gasteiger partial charge in [-0.3, -0.25) is 14.6 Å². The van der Waals surface area contributed by atoms with Gasteiger partial charge in [-0.1, -0.05) is 26.2 Å². The Bertz CT molecular complexity index is 1390. The average Bonchev–Trinajstić information content (AvgIpc) is 3.37. The normalized spacial score (nSPS) is 24.5. The number of rotatable bonds is 11. The molecule has 3 aliphatic heterocycles. The van der Waals surface area contributed by atoms with Crippen molar-refractivity contribution in [3.05, 3.63) is 39.8 Å². The van der Waals surface area contributed by atoms with Crippen molar-refractivity contribution in [2.45, 2.75) is 103 Å². The van der Waals surface area contributed by atoms with E-state index in [1.807, 2.05) is 30.9 Å². The van der Waals surface area contributed by atoms with Crippen molar-refractivity contribution < 1.29 is 27.9 Å². The van der Waals surface area contributed by atoms with Crippen LogP contribution >= 0.6 is 0 Å². The van der Waals surface area contributed by atoms with E-state index in [0.29, 0.717) is 44.0 Å². The second-order valence-corrected chi connectivity index (χ2v) is 15.5. The Labute approximate surface area is 274 Å². The number of carbonyl (C=O) groups is 2. The molecule has 1 saturated carbocycles. The van der Waals surface area contributed by atoms with E-state index in [0.717, 1.165) is 54.1 Å². The molecule has 3 heterocycles. The summed E-state index contributed by atoms with van der Waals surface area (Å²) in [5.74, 6) is 1.77. The van der Waals surface area contributed by atoms with Gasteiger partial charge in [-0.05, 0) is 106 Å². The number of aliphatic hydroxyl groups excluding tert-OH is 1. The number of benzene rings is 1. The van der Waals surface area contributed by atoms with Crippen LogP contribution in [-0.2, 0) is 19.6 Å². The van der Waals surface area contributed by atoms with E-state index >= 15 is 0 Å². The van der Waals surface area contributed by atoms with Gasteiger partial charge in [0.2, 0.25) is 10.0 Å². The molecule has 3 fully saturated rings. The van der Waals surface area contributed by atoms with Crippen LogP contribution in [0.3, 0.4) is 0 Å². The van der Waals surface area contributed by atoms with Crippen LogP contribution in [-0.4, -0.2) is 91.4 Å². The Morgan fingerprint density at radius 1 is 1.07 bits per heavy atom. The minimum atomic E-state index is -3.71. The zero-order chi connectivity index (χ0) is 32.9. The van der Waals surface area contributed by atoms with Gasteiger partial charge in [-0.25, -0.2) is 8.42 Å². The molecule has 46 heavy (non-hydrogen) atoms. The molecular weight excluding hydrogens is 604 g/mol. The molecule has 0 atom stereocenters. The van der Waals surface area contributed by atoms with Crippen molar-refractivity contribution in [2.24, 2.45) is 16.8 Å². The molecule has 11 heteroatoms. The number of ether oxygens (including phenoxy) is 1. The Hall–Kier alpha value is -2.60. The molecular formula is C35H52N4O6S. The second-order valence-electron chi connectivity index (χ2n) is 13.7. The van der Waals surface area contributed by atoms with E-state index in [9.17, 15) is 18.0 Å². The van der Waals surface area contributed by atoms with Crippen molar-refractivity contribution in [1.82, 2.24) is 14.5 Å². The summed E-state index contributed by atoms with van der Waals surface area (Å²) in [5.41, 5.74) is 2.17. The Balaban J connectivity index is 1.17. The van der Waals surface area contributed by atoms with Crippen LogP contribution in [0.2, 0.25) is 0 Å². The van der Waals surface area contributed by atoms with Crippen LogP contribution in [0.15, 0.2) is 22.5 Å². The number of hydrogen-bond acceptors (Lipinski definition) is 7. The Morgan fingerprint density at radius 3 is 2.33 bits per heavy atom. The standard InChI is InChI=1S/C35H52N4O6S/c1-4-5-6-27-7-9-28(10-8-27)32-36-34(42)35(37-32)14-18-39(19-15-35)46(43,44)22-13-31-25(2)23-29(24-26(31)3)33(41)38-16-11-30(12-17-38)45-21-20-40/h13,22-24,27-28,30,40H,4-12,14-21H2,1-3H3,(H,36,37,42). The summed E-state index contributed by atoms with van der Waals surface area (Å²) in [6, 6.07) is 3.65. The molecule has 5 rings (SSSR count). The fourth-order valence-electron chi connectivity index (χ4n) is 7.63. The lowest BCUT2D eigenvalue weighted by molar-refractivity contribution is -0.125. The third-order valence-corrected chi connectivity index (χ3v) is 12.1. The summed E-state index contributed by atoms with van der Waals surface area (Å²) in [5, 5.41) is 13.3. The van der Waals surface area contributed by atoms with Gasteiger partial charge in [0.15, 0.2) is 0 Å². The van der Waals surface area contributed by atoms with E-state index in [1.54, 1.807) is 6.08 Å². The molecule has 2 N–H and O–H groups in total. The van der Waals surface area contributed by atoms with Crippen LogP contribution < -0.4 is 5.32 Å². The monoisotopic (exact) mass is 656 g/mol. The van der Waals surface area contributed by atoms with Crippen molar-refractivity contribution in [2.75, 3.05) is 39.4 Å². The third kappa shape index (κ3) is 7.91. The van der Waals surface area contributed by atoms with E-state index in [-0.39, 0.29) is 37.6 Å². The molecule has 254 valence electrons. The lowest BCUT2D eigenvalue weighted by Crippen LogP contribution is -2.50. The van der Waals surface area contributed by atoms with Crippen LogP contribution in [0.25, 0.3) is 6.08 Å². The zero-order valence-corrected chi connectivity index (χ0v) is 28.6. The third-order valence-electron chi connectivity index (χ3n) is 10.5. The predicted molar refractivity (Wildman–Crippen MR) is 180 cm³/mol. The van der Waals surface area contributed by atoms with Crippen LogP contribution in [0.5, 0.6) is 0 Å². The lowest BCUT2D eigenvalue weighted by Gasteiger charge is -2.34. The van der Waals surface area contributed by atoms with Crippen molar-refractivity contribution in [1.29, 1.82) is 0 Å². The number of sulfonamides is 1. The first-order chi connectivity index (χ1) is 22.0. The first-order valence-electron chi connectivity index (χ1n) is 17.3. The fraction of sp³-hybridized carbons (Fsp3) is 0.686. The number of nitrogens with one attached hydrogen (secondary N) is 1. The number of unbranched alkanes of at least 4 members (excludes halogenated alkanes) is 1. The maximum atomic E-state index is 13.4. The van der Waals surface area contributed by atoms with E-state index < -0.39 is 15.6 Å². The quantitative estimate of drug-likeness (QED) is 0.359. The summed E-state index contributed by atoms with van der Waals surface area (Å²) in [7, 11) is -3.71. The van der Waals surface area contributed by atoms with Gasteiger partial charge >= 0.3 is 0 Å². The van der Waals surface area contributed by atoms with Gasteiger partial charge in [0.05, 0.1) is 19.3 Å². The smallest absolute Gasteiger partial charge is 0.253 e. The molecule has 2 saturated heterocycles. The molecule has 1 aromatic rings. The molecule has 10 nitrogen and oxygen atoms in total. The van der Waals surface area contributed by atoms with Gasteiger partial charge in [0.25, 0.3) is 11.8 Å². The second kappa shape index (κ2) is 15.1. The molecule has 1 aliphatic carbocycles. The number of likely N-dealkylation sites (tertiary alicyclic amines) is 1. The van der Waals surface area contributed by atoms with Gasteiger partial charge in [-0.15, -0.1) is 0 Å². The molecule has 2 amide bonds. The first-order valence-corrected chi connectivity index (χ1v) is 18.8. The van der Waals surface area contributed by atoms with Crippen LogP contribution in [0.1, 0.15) is 105 Å². The highest BCUT2D eigenvalue weighted by Gasteiger charge is 2.48. The minimum Gasteiger partial charge on any atom is -0.394 e. The molecule has 0 aromatic heterocycles. The highest BCUT2D eigenvalue weighted by molar-refractivity contribution is 7.92. The number of aliphatic imine (C=N–C) groups is 1. The molecule has 1 spiro atoms. The van der Waals surface area contributed by atoms with Gasteiger partial charge in [0.1, 0.15) is 11.4 Å². The van der Waals surface area contributed by atoms with Gasteiger partial charge < -0.3 is 20.1 Å². The number of hydrogen-bond donors (Lipinski definition) is 2. The topological polar surface area (TPSA) is 129 Å². The maximum absolute atomic E-state index is 13.4. The molecule has 4 aliphatic rings. The number of amides is 2. The largest absolute Gasteiger partial charge is 0.394 e. The minimum absolute atomic E-state index is 0.00684. The number of piperidine rings is 2. The number of aliphatic hydroxyl groups is 1. The van der Waals surface area contributed by atoms with Crippen LogP contribution in [0.4, 0.5) is 0 Å². The molecule has 0 radical (unpaired) electrons. The SMILES string of the molecule is CCCCC1CCC(C2=NC3(CCN(S(=O)(=O)C=Cc4c(C)cc(C(=O)N5CCC(OCCO)CC5)cc4C)CC3)C(=O)N2)CC1. The van der Waals surface area contributed by atoms with Crippen molar-refractivity contribution in [3.63, 3.8) is 0 Å². The van der Waals surface area contributed by atoms with Crippen LogP contribution in [0, 0.1) is 25.7 Å². The van der Waals surface area contributed by atoms with E-state index in [1.165, 1.54) is 41.8 Å². The number of amidine groups is 1. The Kier molecular flexibility index (Phi) is 11.4. The summed E-state index contributed by atoms with van der Waals surface area (Å²) < 4.78 is 33.8. The van der Waals surface area contributed by atoms with Crippen molar-refractivity contribution in [3.8, 4) is 0 Å². The summed E-state index contributed by atoms with van der Waals surface area (Å²) >= 11 is 0. The molecule has 0 unspecified atom stereocenters. The summed E-state index contributed by atoms with van der Waals surface area (Å²) in [6.45, 7) is 8.00. The lowest BCUT2D eigenvalue weighted by atomic mass is 9.79. The van der Waals surface area contributed by atoms with E-state index in [2.05, 4.69) is 12.2 Å². The highest BCUT2D eigenvalue weighted by atomic mass is 32.2.